The Bertz CT molecular complexity index is 565. The molecule has 0 aliphatic carbocycles. The lowest BCUT2D eigenvalue weighted by Gasteiger charge is -2.08. The van der Waals surface area contributed by atoms with Gasteiger partial charge in [-0.2, -0.15) is 0 Å². The van der Waals surface area contributed by atoms with Crippen LogP contribution in [0.4, 0.5) is 0 Å². The number of carbonyl (C=O) groups excluding carboxylic acids is 1. The van der Waals surface area contributed by atoms with Crippen molar-refractivity contribution < 1.29 is 9.21 Å². The number of amides is 1. The highest BCUT2D eigenvalue weighted by molar-refractivity contribution is 5.96. The molecule has 2 aromatic rings. The Labute approximate surface area is 103 Å². The van der Waals surface area contributed by atoms with Crippen LogP contribution in [-0.2, 0) is 0 Å². The summed E-state index contributed by atoms with van der Waals surface area (Å²) in [6.45, 7) is 3.65. The van der Waals surface area contributed by atoms with Gasteiger partial charge < -0.3 is 15.5 Å². The number of hydrogen-bond acceptors (Lipinski definition) is 6. The van der Waals surface area contributed by atoms with Crippen LogP contribution in [0.2, 0.25) is 0 Å². The molecule has 7 heteroatoms. The van der Waals surface area contributed by atoms with E-state index < -0.39 is 0 Å². The summed E-state index contributed by atoms with van der Waals surface area (Å²) in [5, 5.41) is 9.95. The van der Waals surface area contributed by atoms with E-state index in [1.807, 2.05) is 6.92 Å². The second-order valence-electron chi connectivity index (χ2n) is 3.71. The number of pyridine rings is 1. The lowest BCUT2D eigenvalue weighted by atomic mass is 10.1. The number of carbonyl (C=O) groups is 1. The first-order valence-electron chi connectivity index (χ1n) is 5.36. The minimum Gasteiger partial charge on any atom is -0.423 e. The number of nitrogens with zero attached hydrogens (tertiary/aromatic N) is 3. The molecular weight excluding hydrogens is 234 g/mol. The maximum Gasteiger partial charge on any atom is 0.254 e. The molecule has 0 atom stereocenters. The van der Waals surface area contributed by atoms with Crippen LogP contribution in [0.15, 0.2) is 16.9 Å². The first-order chi connectivity index (χ1) is 8.63. The van der Waals surface area contributed by atoms with Gasteiger partial charge in [0.1, 0.15) is 0 Å². The van der Waals surface area contributed by atoms with Crippen molar-refractivity contribution in [3.63, 3.8) is 0 Å². The summed E-state index contributed by atoms with van der Waals surface area (Å²) in [5.41, 5.74) is 7.72. The van der Waals surface area contributed by atoms with Gasteiger partial charge in [0.15, 0.2) is 0 Å². The van der Waals surface area contributed by atoms with Crippen molar-refractivity contribution in [1.29, 1.82) is 0 Å². The van der Waals surface area contributed by atoms with Crippen LogP contribution in [0.5, 0.6) is 0 Å². The molecule has 0 aliphatic heterocycles. The Morgan fingerprint density at radius 3 is 2.83 bits per heavy atom. The van der Waals surface area contributed by atoms with E-state index in [-0.39, 0.29) is 12.6 Å². The van der Waals surface area contributed by atoms with Crippen LogP contribution in [0, 0.1) is 13.8 Å². The van der Waals surface area contributed by atoms with E-state index >= 15 is 0 Å². The van der Waals surface area contributed by atoms with Gasteiger partial charge in [-0.15, -0.1) is 10.2 Å². The Morgan fingerprint density at radius 2 is 2.22 bits per heavy atom. The Kier molecular flexibility index (Phi) is 3.33. The maximum atomic E-state index is 11.8. The van der Waals surface area contributed by atoms with Crippen molar-refractivity contribution in [3.05, 3.63) is 29.4 Å². The summed E-state index contributed by atoms with van der Waals surface area (Å²) < 4.78 is 5.12. The second-order valence-corrected chi connectivity index (χ2v) is 3.71. The molecule has 0 aliphatic rings. The van der Waals surface area contributed by atoms with E-state index in [2.05, 4.69) is 20.5 Å². The summed E-state index contributed by atoms with van der Waals surface area (Å²) in [6.07, 6.45) is 1.23. The quantitative estimate of drug-likeness (QED) is 0.760. The number of nitrogens with two attached hydrogens (primary N) is 1. The molecule has 0 aromatic carbocycles. The lowest BCUT2D eigenvalue weighted by molar-refractivity contribution is 0.0954. The molecule has 1 amide bonds. The maximum absolute atomic E-state index is 11.8. The van der Waals surface area contributed by atoms with Gasteiger partial charge in [0.25, 0.3) is 5.91 Å². The summed E-state index contributed by atoms with van der Waals surface area (Å²) in [6, 6.07) is 1.68. The predicted molar refractivity (Wildman–Crippen MR) is 63.5 cm³/mol. The molecule has 0 unspecified atom stereocenters. The minimum absolute atomic E-state index is 0.0715. The fraction of sp³-hybridized carbons (Fsp3) is 0.273. The minimum atomic E-state index is -0.275. The van der Waals surface area contributed by atoms with Crippen molar-refractivity contribution in [2.24, 2.45) is 5.73 Å². The van der Waals surface area contributed by atoms with Crippen LogP contribution in [0.25, 0.3) is 11.5 Å². The van der Waals surface area contributed by atoms with E-state index in [1.54, 1.807) is 13.0 Å². The Hall–Kier alpha value is -2.28. The van der Waals surface area contributed by atoms with Crippen LogP contribution >= 0.6 is 0 Å². The molecule has 94 valence electrons. The lowest BCUT2D eigenvalue weighted by Crippen LogP contribution is -2.30. The molecule has 2 heterocycles. The van der Waals surface area contributed by atoms with Gasteiger partial charge in [-0.25, -0.2) is 0 Å². The SMILES string of the molecule is Cc1nc(C)c(-c2nnco2)cc1C(=O)NCN. The predicted octanol–water partition coefficient (Wildman–Crippen LogP) is 0.394. The fourth-order valence-electron chi connectivity index (χ4n) is 1.65. The van der Waals surface area contributed by atoms with Crippen LogP contribution < -0.4 is 11.1 Å². The zero-order valence-corrected chi connectivity index (χ0v) is 10.1. The van der Waals surface area contributed by atoms with Crippen molar-refractivity contribution in [2.75, 3.05) is 6.67 Å². The number of rotatable bonds is 3. The molecule has 3 N–H and O–H groups in total. The monoisotopic (exact) mass is 247 g/mol. The molecule has 2 aromatic heterocycles. The highest BCUT2D eigenvalue weighted by atomic mass is 16.4. The number of aromatic nitrogens is 3. The van der Waals surface area contributed by atoms with E-state index in [9.17, 15) is 4.79 Å². The molecule has 0 saturated heterocycles. The average molecular weight is 247 g/mol. The largest absolute Gasteiger partial charge is 0.423 e. The van der Waals surface area contributed by atoms with Crippen molar-refractivity contribution >= 4 is 5.91 Å². The molecule has 7 nitrogen and oxygen atoms in total. The molecule has 0 bridgehead atoms. The van der Waals surface area contributed by atoms with Gasteiger partial charge in [-0.3, -0.25) is 9.78 Å². The van der Waals surface area contributed by atoms with E-state index in [0.717, 1.165) is 5.69 Å². The van der Waals surface area contributed by atoms with E-state index in [4.69, 9.17) is 10.2 Å². The number of hydrogen-bond donors (Lipinski definition) is 2. The van der Waals surface area contributed by atoms with E-state index in [1.165, 1.54) is 6.39 Å². The number of nitrogens with one attached hydrogen (secondary N) is 1. The average Bonchev–Trinajstić information content (AvgIpc) is 2.82. The first-order valence-corrected chi connectivity index (χ1v) is 5.36. The van der Waals surface area contributed by atoms with Crippen molar-refractivity contribution in [3.8, 4) is 11.5 Å². The molecule has 2 rings (SSSR count). The molecule has 0 fully saturated rings. The highest BCUT2D eigenvalue weighted by Crippen LogP contribution is 2.22. The Balaban J connectivity index is 2.49. The van der Waals surface area contributed by atoms with Crippen LogP contribution in [-0.4, -0.2) is 27.8 Å². The summed E-state index contributed by atoms with van der Waals surface area (Å²) in [7, 11) is 0. The van der Waals surface area contributed by atoms with Gasteiger partial charge in [0.2, 0.25) is 12.3 Å². The standard InChI is InChI=1S/C11H13N5O2/c1-6-8(10(17)13-4-12)3-9(7(2)15-6)11-16-14-5-18-11/h3,5H,4,12H2,1-2H3,(H,13,17). The van der Waals surface area contributed by atoms with Gasteiger partial charge in [0, 0.05) is 0 Å². The number of aryl methyl sites for hydroxylation is 2. The zero-order chi connectivity index (χ0) is 13.1. The van der Waals surface area contributed by atoms with Crippen molar-refractivity contribution in [2.45, 2.75) is 13.8 Å². The smallest absolute Gasteiger partial charge is 0.254 e. The van der Waals surface area contributed by atoms with Gasteiger partial charge >= 0.3 is 0 Å². The third-order valence-electron chi connectivity index (χ3n) is 2.50. The molecule has 0 saturated carbocycles. The topological polar surface area (TPSA) is 107 Å². The van der Waals surface area contributed by atoms with Crippen LogP contribution in [0.3, 0.4) is 0 Å². The van der Waals surface area contributed by atoms with Gasteiger partial charge in [-0.05, 0) is 19.9 Å². The summed E-state index contributed by atoms with van der Waals surface area (Å²) >= 11 is 0. The van der Waals surface area contributed by atoms with Crippen LogP contribution in [0.1, 0.15) is 21.7 Å². The van der Waals surface area contributed by atoms with Gasteiger partial charge in [-0.1, -0.05) is 0 Å². The Morgan fingerprint density at radius 1 is 1.44 bits per heavy atom. The van der Waals surface area contributed by atoms with E-state index in [0.29, 0.717) is 22.7 Å². The second kappa shape index (κ2) is 4.92. The fourth-order valence-corrected chi connectivity index (χ4v) is 1.65. The molecule has 18 heavy (non-hydrogen) atoms. The summed E-state index contributed by atoms with van der Waals surface area (Å²) in [4.78, 5) is 16.1. The van der Waals surface area contributed by atoms with Crippen molar-refractivity contribution in [1.82, 2.24) is 20.5 Å². The zero-order valence-electron chi connectivity index (χ0n) is 10.1. The third-order valence-corrected chi connectivity index (χ3v) is 2.50. The molecule has 0 radical (unpaired) electrons. The molecular formula is C11H13N5O2. The first kappa shape index (κ1) is 12.2. The van der Waals surface area contributed by atoms with Gasteiger partial charge in [0.05, 0.1) is 29.2 Å². The normalized spacial score (nSPS) is 10.4. The highest BCUT2D eigenvalue weighted by Gasteiger charge is 2.16. The third kappa shape index (κ3) is 2.21. The summed E-state index contributed by atoms with van der Waals surface area (Å²) in [5.74, 6) is 0.0602. The molecule has 0 spiro atoms.